The first kappa shape index (κ1) is 20.8. The van der Waals surface area contributed by atoms with Crippen molar-refractivity contribution in [1.82, 2.24) is 10.2 Å². The van der Waals surface area contributed by atoms with Crippen molar-refractivity contribution >= 4 is 23.4 Å². The number of benzene rings is 2. The van der Waals surface area contributed by atoms with Gasteiger partial charge in [-0.25, -0.2) is 0 Å². The molecule has 2 amide bonds. The SMILES string of the molecule is CCc1cccc(OCC(=O)N(CC)CC(=O)NCc2ccc(Cl)cc2)c1. The first-order valence-electron chi connectivity index (χ1n) is 9.02. The Morgan fingerprint density at radius 1 is 1.07 bits per heavy atom. The molecule has 0 heterocycles. The van der Waals surface area contributed by atoms with Crippen LogP contribution >= 0.6 is 11.6 Å². The van der Waals surface area contributed by atoms with Crippen molar-refractivity contribution in [3.05, 3.63) is 64.7 Å². The van der Waals surface area contributed by atoms with Gasteiger partial charge in [-0.05, 0) is 48.7 Å². The summed E-state index contributed by atoms with van der Waals surface area (Å²) in [5, 5.41) is 3.46. The maximum atomic E-state index is 12.4. The second kappa shape index (κ2) is 10.6. The maximum absolute atomic E-state index is 12.4. The van der Waals surface area contributed by atoms with Gasteiger partial charge in [-0.2, -0.15) is 0 Å². The highest BCUT2D eigenvalue weighted by Gasteiger charge is 2.16. The average molecular weight is 389 g/mol. The Balaban J connectivity index is 1.80. The molecule has 0 fully saturated rings. The molecule has 5 nitrogen and oxygen atoms in total. The van der Waals surface area contributed by atoms with Gasteiger partial charge in [0.2, 0.25) is 5.91 Å². The van der Waals surface area contributed by atoms with Gasteiger partial charge >= 0.3 is 0 Å². The minimum Gasteiger partial charge on any atom is -0.484 e. The molecule has 0 aliphatic heterocycles. The van der Waals surface area contributed by atoms with Crippen LogP contribution in [0.5, 0.6) is 5.75 Å². The largest absolute Gasteiger partial charge is 0.484 e. The van der Waals surface area contributed by atoms with Crippen molar-refractivity contribution in [2.75, 3.05) is 19.7 Å². The molecular formula is C21H25ClN2O3. The molecule has 0 saturated carbocycles. The fourth-order valence-electron chi connectivity index (χ4n) is 2.50. The van der Waals surface area contributed by atoms with Gasteiger partial charge in [0.05, 0.1) is 6.54 Å². The molecule has 27 heavy (non-hydrogen) atoms. The summed E-state index contributed by atoms with van der Waals surface area (Å²) in [6.45, 7) is 4.63. The highest BCUT2D eigenvalue weighted by atomic mass is 35.5. The van der Waals surface area contributed by atoms with E-state index in [1.54, 1.807) is 12.1 Å². The van der Waals surface area contributed by atoms with E-state index in [1.165, 1.54) is 4.90 Å². The molecule has 2 rings (SSSR count). The molecule has 1 N–H and O–H groups in total. The molecule has 0 aliphatic carbocycles. The number of carbonyl (C=O) groups excluding carboxylic acids is 2. The number of carbonyl (C=O) groups is 2. The first-order chi connectivity index (χ1) is 13.0. The van der Waals surface area contributed by atoms with Crippen LogP contribution in [-0.4, -0.2) is 36.4 Å². The van der Waals surface area contributed by atoms with Crippen LogP contribution in [0.3, 0.4) is 0 Å². The van der Waals surface area contributed by atoms with E-state index in [-0.39, 0.29) is 25.0 Å². The van der Waals surface area contributed by atoms with Crippen LogP contribution in [0.15, 0.2) is 48.5 Å². The topological polar surface area (TPSA) is 58.6 Å². The smallest absolute Gasteiger partial charge is 0.260 e. The van der Waals surface area contributed by atoms with Gasteiger partial charge in [-0.15, -0.1) is 0 Å². The Morgan fingerprint density at radius 3 is 2.48 bits per heavy atom. The van der Waals surface area contributed by atoms with Crippen LogP contribution < -0.4 is 10.1 Å². The van der Waals surface area contributed by atoms with Gasteiger partial charge < -0.3 is 15.0 Å². The Bertz CT molecular complexity index is 762. The Labute approximate surface area is 165 Å². The van der Waals surface area contributed by atoms with Crippen molar-refractivity contribution < 1.29 is 14.3 Å². The van der Waals surface area contributed by atoms with Gasteiger partial charge in [-0.1, -0.05) is 42.8 Å². The van der Waals surface area contributed by atoms with E-state index >= 15 is 0 Å². The van der Waals surface area contributed by atoms with Gasteiger partial charge in [0, 0.05) is 18.1 Å². The number of nitrogens with zero attached hydrogens (tertiary/aromatic N) is 1. The lowest BCUT2D eigenvalue weighted by molar-refractivity contribution is -0.137. The third kappa shape index (κ3) is 6.94. The lowest BCUT2D eigenvalue weighted by Crippen LogP contribution is -2.42. The monoisotopic (exact) mass is 388 g/mol. The minimum atomic E-state index is -0.221. The van der Waals surface area contributed by atoms with E-state index in [1.807, 2.05) is 43.3 Å². The van der Waals surface area contributed by atoms with Gasteiger partial charge in [-0.3, -0.25) is 9.59 Å². The molecule has 2 aromatic carbocycles. The molecule has 0 aliphatic rings. The first-order valence-corrected chi connectivity index (χ1v) is 9.40. The fourth-order valence-corrected chi connectivity index (χ4v) is 2.63. The van der Waals surface area contributed by atoms with E-state index in [9.17, 15) is 9.59 Å². The molecule has 2 aromatic rings. The minimum absolute atomic E-state index is 0.00127. The number of aryl methyl sites for hydroxylation is 1. The number of nitrogens with one attached hydrogen (secondary N) is 1. The number of likely N-dealkylation sites (N-methyl/N-ethyl adjacent to an activating group) is 1. The zero-order chi connectivity index (χ0) is 19.6. The molecule has 0 radical (unpaired) electrons. The number of amides is 2. The lowest BCUT2D eigenvalue weighted by atomic mass is 10.2. The quantitative estimate of drug-likeness (QED) is 0.715. The second-order valence-electron chi connectivity index (χ2n) is 6.10. The number of halogens is 1. The van der Waals surface area contributed by atoms with E-state index in [4.69, 9.17) is 16.3 Å². The number of hydrogen-bond donors (Lipinski definition) is 1. The summed E-state index contributed by atoms with van der Waals surface area (Å²) in [5.74, 6) is 0.222. The van der Waals surface area contributed by atoms with Crippen LogP contribution in [0.1, 0.15) is 25.0 Å². The van der Waals surface area contributed by atoms with E-state index < -0.39 is 0 Å². The summed E-state index contributed by atoms with van der Waals surface area (Å²) in [6.07, 6.45) is 0.903. The standard InChI is InChI=1S/C21H25ClN2O3/c1-3-16-6-5-7-19(12-16)27-15-21(26)24(4-2)14-20(25)23-13-17-8-10-18(22)11-9-17/h5-12H,3-4,13-15H2,1-2H3,(H,23,25). The zero-order valence-electron chi connectivity index (χ0n) is 15.7. The Kier molecular flexibility index (Phi) is 8.14. The van der Waals surface area contributed by atoms with Crippen LogP contribution in [-0.2, 0) is 22.6 Å². The van der Waals surface area contributed by atoms with E-state index in [0.717, 1.165) is 17.5 Å². The average Bonchev–Trinajstić information content (AvgIpc) is 2.70. The summed E-state index contributed by atoms with van der Waals surface area (Å²) in [6, 6.07) is 14.9. The Hall–Kier alpha value is -2.53. The van der Waals surface area contributed by atoms with Crippen molar-refractivity contribution in [2.24, 2.45) is 0 Å². The van der Waals surface area contributed by atoms with Crippen molar-refractivity contribution in [3.63, 3.8) is 0 Å². The normalized spacial score (nSPS) is 10.3. The van der Waals surface area contributed by atoms with Gasteiger partial charge in [0.1, 0.15) is 5.75 Å². The third-order valence-corrected chi connectivity index (χ3v) is 4.39. The van der Waals surface area contributed by atoms with Crippen LogP contribution in [0.25, 0.3) is 0 Å². The fraction of sp³-hybridized carbons (Fsp3) is 0.333. The van der Waals surface area contributed by atoms with E-state index in [0.29, 0.717) is 23.9 Å². The molecule has 6 heteroatoms. The highest BCUT2D eigenvalue weighted by molar-refractivity contribution is 6.30. The van der Waals surface area contributed by atoms with Crippen LogP contribution in [0.4, 0.5) is 0 Å². The maximum Gasteiger partial charge on any atom is 0.260 e. The molecule has 0 bridgehead atoms. The predicted octanol–water partition coefficient (Wildman–Crippen LogP) is 3.45. The summed E-state index contributed by atoms with van der Waals surface area (Å²) in [7, 11) is 0. The zero-order valence-corrected chi connectivity index (χ0v) is 16.5. The molecule has 0 atom stereocenters. The van der Waals surface area contributed by atoms with Gasteiger partial charge in [0.25, 0.3) is 5.91 Å². The molecular weight excluding hydrogens is 364 g/mol. The number of rotatable bonds is 9. The summed E-state index contributed by atoms with van der Waals surface area (Å²) in [4.78, 5) is 26.0. The highest BCUT2D eigenvalue weighted by Crippen LogP contribution is 2.14. The lowest BCUT2D eigenvalue weighted by Gasteiger charge is -2.20. The molecule has 0 aromatic heterocycles. The number of hydrogen-bond acceptors (Lipinski definition) is 3. The molecule has 144 valence electrons. The van der Waals surface area contributed by atoms with Crippen molar-refractivity contribution in [1.29, 1.82) is 0 Å². The third-order valence-electron chi connectivity index (χ3n) is 4.14. The molecule has 0 spiro atoms. The predicted molar refractivity (Wildman–Crippen MR) is 107 cm³/mol. The summed E-state index contributed by atoms with van der Waals surface area (Å²) < 4.78 is 5.58. The summed E-state index contributed by atoms with van der Waals surface area (Å²) >= 11 is 5.84. The van der Waals surface area contributed by atoms with Crippen molar-refractivity contribution in [2.45, 2.75) is 26.8 Å². The second-order valence-corrected chi connectivity index (χ2v) is 6.54. The van der Waals surface area contributed by atoms with E-state index in [2.05, 4.69) is 12.2 Å². The Morgan fingerprint density at radius 2 is 1.81 bits per heavy atom. The van der Waals surface area contributed by atoms with Gasteiger partial charge in [0.15, 0.2) is 6.61 Å². The number of ether oxygens (including phenoxy) is 1. The molecule has 0 unspecified atom stereocenters. The molecule has 0 saturated heterocycles. The van der Waals surface area contributed by atoms with Crippen LogP contribution in [0.2, 0.25) is 5.02 Å². The van der Waals surface area contributed by atoms with Crippen LogP contribution in [0, 0.1) is 0 Å². The summed E-state index contributed by atoms with van der Waals surface area (Å²) in [5.41, 5.74) is 2.09. The van der Waals surface area contributed by atoms with Crippen molar-refractivity contribution in [3.8, 4) is 5.75 Å².